The van der Waals surface area contributed by atoms with Crippen LogP contribution in [0.25, 0.3) is 0 Å². The first-order valence-corrected chi connectivity index (χ1v) is 6.91. The maximum Gasteiger partial charge on any atom is 0.416 e. The number of carbonyl (C=O) groups is 1. The zero-order chi connectivity index (χ0) is 15.8. The minimum Gasteiger partial charge on any atom is -0.324 e. The maximum atomic E-state index is 12.6. The van der Waals surface area contributed by atoms with Crippen LogP contribution in [0.5, 0.6) is 0 Å². The lowest BCUT2D eigenvalue weighted by Gasteiger charge is -2.06. The van der Waals surface area contributed by atoms with Gasteiger partial charge in [0.05, 0.1) is 5.56 Å². The van der Waals surface area contributed by atoms with Crippen molar-refractivity contribution in [3.8, 4) is 0 Å². The van der Waals surface area contributed by atoms with Crippen LogP contribution >= 0.6 is 11.3 Å². The fraction of sp³-hybridized carbons (Fsp3) is 0.286. The van der Waals surface area contributed by atoms with Crippen molar-refractivity contribution in [3.63, 3.8) is 0 Å². The minimum absolute atomic E-state index is 0.0754. The van der Waals surface area contributed by atoms with E-state index in [4.69, 9.17) is 0 Å². The summed E-state index contributed by atoms with van der Waals surface area (Å²) >= 11 is 1.33. The summed E-state index contributed by atoms with van der Waals surface area (Å²) in [4.78, 5) is 17.4. The molecule has 0 spiro atoms. The number of hydrogen-bond donors (Lipinski definition) is 0. The topological polar surface area (TPSA) is 34.4 Å². The van der Waals surface area contributed by atoms with Crippen LogP contribution in [0.4, 0.5) is 13.2 Å². The van der Waals surface area contributed by atoms with Crippen LogP contribution in [-0.2, 0) is 13.2 Å². The Morgan fingerprint density at radius 1 is 1.29 bits per heavy atom. The molecule has 1 aromatic carbocycles. The van der Waals surface area contributed by atoms with E-state index in [2.05, 4.69) is 4.99 Å². The number of rotatable bonds is 1. The van der Waals surface area contributed by atoms with Gasteiger partial charge in [0.1, 0.15) is 0 Å². The van der Waals surface area contributed by atoms with E-state index in [1.165, 1.54) is 23.5 Å². The highest BCUT2D eigenvalue weighted by molar-refractivity contribution is 7.09. The molecule has 112 valence electrons. The Labute approximate surface area is 123 Å². The van der Waals surface area contributed by atoms with Gasteiger partial charge in [-0.1, -0.05) is 6.07 Å². The fourth-order valence-corrected chi connectivity index (χ4v) is 2.70. The van der Waals surface area contributed by atoms with E-state index >= 15 is 0 Å². The van der Waals surface area contributed by atoms with Crippen LogP contribution in [-0.4, -0.2) is 10.5 Å². The van der Waals surface area contributed by atoms with Crippen molar-refractivity contribution in [2.75, 3.05) is 0 Å². The summed E-state index contributed by atoms with van der Waals surface area (Å²) < 4.78 is 39.6. The molecule has 1 aromatic heterocycles. The average molecular weight is 314 g/mol. The summed E-state index contributed by atoms with van der Waals surface area (Å²) in [6.45, 7) is 3.79. The summed E-state index contributed by atoms with van der Waals surface area (Å²) in [5.41, 5.74) is 0.0376. The monoisotopic (exact) mass is 314 g/mol. The van der Waals surface area contributed by atoms with Gasteiger partial charge in [-0.25, -0.2) is 0 Å². The predicted octanol–water partition coefficient (Wildman–Crippen LogP) is 3.46. The Kier molecular flexibility index (Phi) is 4.04. The first kappa shape index (κ1) is 15.5. The molecule has 0 atom stereocenters. The normalized spacial score (nSPS) is 12.8. The summed E-state index contributed by atoms with van der Waals surface area (Å²) in [6.07, 6.45) is -4.48. The molecule has 1 amide bonds. The van der Waals surface area contributed by atoms with Crippen molar-refractivity contribution in [3.05, 3.63) is 50.8 Å². The molecule has 0 bridgehead atoms. The van der Waals surface area contributed by atoms with E-state index in [1.807, 2.05) is 13.8 Å². The molecular weight excluding hydrogens is 301 g/mol. The van der Waals surface area contributed by atoms with Gasteiger partial charge in [0.15, 0.2) is 4.80 Å². The van der Waals surface area contributed by atoms with Gasteiger partial charge < -0.3 is 4.57 Å². The molecule has 2 aromatic rings. The largest absolute Gasteiger partial charge is 0.416 e. The Hall–Kier alpha value is -1.89. The first-order chi connectivity index (χ1) is 9.70. The van der Waals surface area contributed by atoms with Gasteiger partial charge in [-0.2, -0.15) is 18.2 Å². The number of benzene rings is 1. The molecule has 0 saturated heterocycles. The number of aryl methyl sites for hydroxylation is 1. The first-order valence-electron chi connectivity index (χ1n) is 6.09. The second-order valence-electron chi connectivity index (χ2n) is 4.58. The van der Waals surface area contributed by atoms with Crippen molar-refractivity contribution in [2.24, 2.45) is 12.0 Å². The van der Waals surface area contributed by atoms with Crippen LogP contribution in [0.15, 0.2) is 29.3 Å². The maximum absolute atomic E-state index is 12.6. The van der Waals surface area contributed by atoms with Crippen LogP contribution in [0.2, 0.25) is 0 Å². The molecule has 0 unspecified atom stereocenters. The standard InChI is InChI=1S/C14H13F3N2OS/c1-8-9(2)21-13(19(8)3)18-12(20)10-5-4-6-11(7-10)14(15,16)17/h4-7H,1-3H3/b18-13-. The fourth-order valence-electron chi connectivity index (χ4n) is 1.74. The smallest absolute Gasteiger partial charge is 0.324 e. The highest BCUT2D eigenvalue weighted by Gasteiger charge is 2.30. The predicted molar refractivity (Wildman–Crippen MR) is 74.1 cm³/mol. The summed E-state index contributed by atoms with van der Waals surface area (Å²) in [5, 5.41) is 0. The van der Waals surface area contributed by atoms with Gasteiger partial charge >= 0.3 is 6.18 Å². The van der Waals surface area contributed by atoms with Crippen molar-refractivity contribution in [1.29, 1.82) is 0 Å². The van der Waals surface area contributed by atoms with Gasteiger partial charge in [-0.05, 0) is 32.0 Å². The van der Waals surface area contributed by atoms with E-state index in [1.54, 1.807) is 11.6 Å². The van der Waals surface area contributed by atoms with Gasteiger partial charge in [-0.3, -0.25) is 4.79 Å². The average Bonchev–Trinajstić information content (AvgIpc) is 2.65. The van der Waals surface area contributed by atoms with Crippen LogP contribution in [0.1, 0.15) is 26.5 Å². The third-order valence-corrected chi connectivity index (χ3v) is 4.33. The SMILES string of the molecule is Cc1s/c(=N\C(=O)c2cccc(C(F)(F)F)c2)n(C)c1C. The summed E-state index contributed by atoms with van der Waals surface area (Å²) in [6, 6.07) is 4.28. The molecule has 0 aliphatic carbocycles. The van der Waals surface area contributed by atoms with Crippen molar-refractivity contribution in [2.45, 2.75) is 20.0 Å². The molecule has 1 heterocycles. The Balaban J connectivity index is 2.44. The van der Waals surface area contributed by atoms with Crippen LogP contribution in [0.3, 0.4) is 0 Å². The molecule has 0 aliphatic heterocycles. The van der Waals surface area contributed by atoms with Crippen LogP contribution < -0.4 is 4.80 Å². The molecule has 2 rings (SSSR count). The molecule has 7 heteroatoms. The van der Waals surface area contributed by atoms with Gasteiger partial charge in [0, 0.05) is 23.2 Å². The lowest BCUT2D eigenvalue weighted by molar-refractivity contribution is -0.137. The highest BCUT2D eigenvalue weighted by atomic mass is 32.1. The van der Waals surface area contributed by atoms with E-state index in [9.17, 15) is 18.0 Å². The lowest BCUT2D eigenvalue weighted by Crippen LogP contribution is -2.15. The van der Waals surface area contributed by atoms with E-state index in [0.29, 0.717) is 4.80 Å². The van der Waals surface area contributed by atoms with Gasteiger partial charge in [-0.15, -0.1) is 11.3 Å². The van der Waals surface area contributed by atoms with Crippen LogP contribution in [0, 0.1) is 13.8 Å². The molecule has 3 nitrogen and oxygen atoms in total. The number of halogens is 3. The summed E-state index contributed by atoms with van der Waals surface area (Å²) in [5.74, 6) is -0.682. The van der Waals surface area contributed by atoms with Crippen molar-refractivity contribution >= 4 is 17.2 Å². The number of alkyl halides is 3. The Bertz CT molecular complexity index is 756. The second-order valence-corrected chi connectivity index (χ2v) is 5.76. The third kappa shape index (κ3) is 3.24. The summed E-state index contributed by atoms with van der Waals surface area (Å²) in [7, 11) is 1.76. The zero-order valence-corrected chi connectivity index (χ0v) is 12.5. The molecule has 0 fully saturated rings. The lowest BCUT2D eigenvalue weighted by atomic mass is 10.1. The molecule has 0 N–H and O–H groups in total. The van der Waals surface area contributed by atoms with Crippen molar-refractivity contribution < 1.29 is 18.0 Å². The van der Waals surface area contributed by atoms with E-state index in [-0.39, 0.29) is 5.56 Å². The minimum atomic E-state index is -4.48. The number of carbonyl (C=O) groups excluding carboxylic acids is 1. The molecule has 0 radical (unpaired) electrons. The number of hydrogen-bond acceptors (Lipinski definition) is 2. The number of amides is 1. The number of nitrogens with zero attached hydrogens (tertiary/aromatic N) is 2. The van der Waals surface area contributed by atoms with Gasteiger partial charge in [0.25, 0.3) is 5.91 Å². The number of thiazole rings is 1. The second kappa shape index (κ2) is 5.48. The van der Waals surface area contributed by atoms with Gasteiger partial charge in [0.2, 0.25) is 0 Å². The molecular formula is C14H13F3N2OS. The molecule has 0 aliphatic rings. The zero-order valence-electron chi connectivity index (χ0n) is 11.7. The van der Waals surface area contributed by atoms with E-state index < -0.39 is 17.6 Å². The Morgan fingerprint density at radius 2 is 1.95 bits per heavy atom. The third-order valence-electron chi connectivity index (χ3n) is 3.18. The van der Waals surface area contributed by atoms with E-state index in [0.717, 1.165) is 22.7 Å². The Morgan fingerprint density at radius 3 is 2.48 bits per heavy atom. The molecule has 0 saturated carbocycles. The highest BCUT2D eigenvalue weighted by Crippen LogP contribution is 2.29. The molecule has 21 heavy (non-hydrogen) atoms. The number of aromatic nitrogens is 1. The van der Waals surface area contributed by atoms with Crippen molar-refractivity contribution in [1.82, 2.24) is 4.57 Å². The quantitative estimate of drug-likeness (QED) is 0.794.